The van der Waals surface area contributed by atoms with Crippen LogP contribution in [0.4, 0.5) is 0 Å². The van der Waals surface area contributed by atoms with E-state index in [2.05, 4.69) is 15.5 Å². The van der Waals surface area contributed by atoms with Gasteiger partial charge in [0, 0.05) is 31.0 Å². The van der Waals surface area contributed by atoms with Gasteiger partial charge < -0.3 is 24.1 Å². The fraction of sp³-hybridized carbons (Fsp3) is 0.231. The molecule has 2 N–H and O–H groups in total. The van der Waals surface area contributed by atoms with Gasteiger partial charge in [0.05, 0.1) is 18.5 Å². The Kier molecular flexibility index (Phi) is 7.57. The average molecular weight is 476 g/mol. The normalized spacial score (nSPS) is 10.8. The standard InChI is InChI=1S/C26H25N3O6/c1-17-22(29-26(34-17)19-5-3-2-4-6-19)12-14-33-21-9-7-18(8-10-24(30)31)20(15-21)16-27-25(32)23-11-13-28-35-23/h2-7,9,11,13,15H,8,10,12,14,16H2,1H3,(H,27,32)(H,30,31). The summed E-state index contributed by atoms with van der Waals surface area (Å²) in [5, 5.41) is 15.4. The number of ether oxygens (including phenoxy) is 1. The Morgan fingerprint density at radius 1 is 1.06 bits per heavy atom. The molecule has 180 valence electrons. The van der Waals surface area contributed by atoms with Crippen LogP contribution in [-0.4, -0.2) is 33.7 Å². The number of benzene rings is 2. The van der Waals surface area contributed by atoms with Crippen molar-refractivity contribution in [2.24, 2.45) is 0 Å². The smallest absolute Gasteiger partial charge is 0.303 e. The summed E-state index contributed by atoms with van der Waals surface area (Å²) in [6.07, 6.45) is 2.27. The second-order valence-electron chi connectivity index (χ2n) is 7.87. The minimum absolute atomic E-state index is 0.0154. The van der Waals surface area contributed by atoms with Gasteiger partial charge in [0.2, 0.25) is 11.7 Å². The second kappa shape index (κ2) is 11.1. The molecule has 0 aliphatic heterocycles. The molecule has 0 atom stereocenters. The van der Waals surface area contributed by atoms with Crippen molar-refractivity contribution in [3.8, 4) is 17.2 Å². The monoisotopic (exact) mass is 475 g/mol. The Morgan fingerprint density at radius 3 is 2.63 bits per heavy atom. The Bertz CT molecular complexity index is 1280. The molecule has 0 saturated heterocycles. The third-order valence-corrected chi connectivity index (χ3v) is 5.41. The van der Waals surface area contributed by atoms with E-state index in [1.54, 1.807) is 6.07 Å². The summed E-state index contributed by atoms with van der Waals surface area (Å²) in [6.45, 7) is 2.44. The molecule has 0 unspecified atom stereocenters. The minimum Gasteiger partial charge on any atom is -0.493 e. The third kappa shape index (κ3) is 6.35. The van der Waals surface area contributed by atoms with Gasteiger partial charge in [0.1, 0.15) is 11.5 Å². The number of amides is 1. The van der Waals surface area contributed by atoms with Crippen LogP contribution in [0.2, 0.25) is 0 Å². The number of carbonyl (C=O) groups excluding carboxylic acids is 1. The molecule has 0 bridgehead atoms. The number of carboxylic acids is 1. The van der Waals surface area contributed by atoms with Crippen molar-refractivity contribution in [1.82, 2.24) is 15.5 Å². The molecule has 0 saturated carbocycles. The summed E-state index contributed by atoms with van der Waals surface area (Å²) < 4.78 is 16.6. The lowest BCUT2D eigenvalue weighted by Gasteiger charge is -2.13. The first-order valence-electron chi connectivity index (χ1n) is 11.2. The maximum Gasteiger partial charge on any atom is 0.303 e. The van der Waals surface area contributed by atoms with Gasteiger partial charge in [-0.15, -0.1) is 0 Å². The van der Waals surface area contributed by atoms with Gasteiger partial charge in [0.25, 0.3) is 5.91 Å². The number of carbonyl (C=O) groups is 2. The Labute approximate surface area is 201 Å². The SMILES string of the molecule is Cc1oc(-c2ccccc2)nc1CCOc1ccc(CCC(=O)O)c(CNC(=O)c2ccno2)c1. The largest absolute Gasteiger partial charge is 0.493 e. The van der Waals surface area contributed by atoms with Gasteiger partial charge in [-0.05, 0) is 48.7 Å². The quantitative estimate of drug-likeness (QED) is 0.330. The molecule has 0 fully saturated rings. The predicted molar refractivity (Wildman–Crippen MR) is 126 cm³/mol. The van der Waals surface area contributed by atoms with Gasteiger partial charge in [-0.1, -0.05) is 29.4 Å². The lowest BCUT2D eigenvalue weighted by Crippen LogP contribution is -2.23. The number of aryl methyl sites for hydroxylation is 2. The van der Waals surface area contributed by atoms with E-state index in [4.69, 9.17) is 18.8 Å². The zero-order valence-electron chi connectivity index (χ0n) is 19.2. The molecule has 0 aliphatic carbocycles. The molecular weight excluding hydrogens is 450 g/mol. The average Bonchev–Trinajstić information content (AvgIpc) is 3.53. The van der Waals surface area contributed by atoms with Crippen LogP contribution in [0.5, 0.6) is 5.75 Å². The van der Waals surface area contributed by atoms with Crippen LogP contribution in [0.3, 0.4) is 0 Å². The Hall–Kier alpha value is -4.40. The van der Waals surface area contributed by atoms with E-state index in [0.717, 1.165) is 28.1 Å². The van der Waals surface area contributed by atoms with Gasteiger partial charge in [0.15, 0.2) is 0 Å². The first kappa shape index (κ1) is 23.7. The van der Waals surface area contributed by atoms with Crippen molar-refractivity contribution in [3.05, 3.63) is 89.1 Å². The van der Waals surface area contributed by atoms with E-state index >= 15 is 0 Å². The first-order valence-corrected chi connectivity index (χ1v) is 11.2. The lowest BCUT2D eigenvalue weighted by atomic mass is 10.0. The molecule has 4 aromatic rings. The first-order chi connectivity index (χ1) is 17.0. The van der Waals surface area contributed by atoms with E-state index in [1.807, 2.05) is 49.4 Å². The number of nitrogens with one attached hydrogen (secondary N) is 1. The van der Waals surface area contributed by atoms with Gasteiger partial charge in [-0.3, -0.25) is 9.59 Å². The number of rotatable bonds is 11. The second-order valence-corrected chi connectivity index (χ2v) is 7.87. The van der Waals surface area contributed by atoms with E-state index in [9.17, 15) is 9.59 Å². The Balaban J connectivity index is 1.40. The highest BCUT2D eigenvalue weighted by Gasteiger charge is 2.14. The van der Waals surface area contributed by atoms with Crippen molar-refractivity contribution in [2.45, 2.75) is 32.7 Å². The molecule has 0 aliphatic rings. The summed E-state index contributed by atoms with van der Waals surface area (Å²) in [6, 6.07) is 16.6. The summed E-state index contributed by atoms with van der Waals surface area (Å²) in [5.41, 5.74) is 3.32. The van der Waals surface area contributed by atoms with Gasteiger partial charge in [-0.2, -0.15) is 0 Å². The number of oxazole rings is 1. The number of hydrogen-bond donors (Lipinski definition) is 2. The van der Waals surface area contributed by atoms with Crippen LogP contribution in [0.25, 0.3) is 11.5 Å². The van der Waals surface area contributed by atoms with Crippen LogP contribution in [0.1, 0.15) is 39.6 Å². The third-order valence-electron chi connectivity index (χ3n) is 5.41. The molecule has 35 heavy (non-hydrogen) atoms. The molecule has 0 spiro atoms. The van der Waals surface area contributed by atoms with Crippen molar-refractivity contribution in [1.29, 1.82) is 0 Å². The topological polar surface area (TPSA) is 128 Å². The fourth-order valence-corrected chi connectivity index (χ4v) is 3.57. The highest BCUT2D eigenvalue weighted by atomic mass is 16.5. The lowest BCUT2D eigenvalue weighted by molar-refractivity contribution is -0.136. The molecule has 9 heteroatoms. The molecule has 2 aromatic heterocycles. The molecular formula is C26H25N3O6. The van der Waals surface area contributed by atoms with E-state index in [0.29, 0.717) is 31.1 Å². The summed E-state index contributed by atoms with van der Waals surface area (Å²) >= 11 is 0. The molecule has 2 aromatic carbocycles. The number of hydrogen-bond acceptors (Lipinski definition) is 7. The summed E-state index contributed by atoms with van der Waals surface area (Å²) in [5.74, 6) is 0.728. The van der Waals surface area contributed by atoms with Gasteiger partial charge in [-0.25, -0.2) is 4.98 Å². The van der Waals surface area contributed by atoms with Crippen molar-refractivity contribution >= 4 is 11.9 Å². The number of nitrogens with zero attached hydrogens (tertiary/aromatic N) is 2. The van der Waals surface area contributed by atoms with Crippen molar-refractivity contribution in [2.75, 3.05) is 6.61 Å². The molecule has 2 heterocycles. The predicted octanol–water partition coefficient (Wildman–Crippen LogP) is 4.21. The molecule has 9 nitrogen and oxygen atoms in total. The maximum atomic E-state index is 12.2. The highest BCUT2D eigenvalue weighted by Crippen LogP contribution is 2.23. The van der Waals surface area contributed by atoms with Crippen LogP contribution in [-0.2, 0) is 24.2 Å². The van der Waals surface area contributed by atoms with Gasteiger partial charge >= 0.3 is 5.97 Å². The highest BCUT2D eigenvalue weighted by molar-refractivity contribution is 5.91. The van der Waals surface area contributed by atoms with Crippen molar-refractivity contribution < 1.29 is 28.4 Å². The van der Waals surface area contributed by atoms with E-state index < -0.39 is 11.9 Å². The minimum atomic E-state index is -0.889. The number of carboxylic acid groups (broad SMARTS) is 1. The van der Waals surface area contributed by atoms with E-state index in [1.165, 1.54) is 12.3 Å². The van der Waals surface area contributed by atoms with Crippen LogP contribution in [0.15, 0.2) is 69.7 Å². The molecule has 0 radical (unpaired) electrons. The maximum absolute atomic E-state index is 12.2. The summed E-state index contributed by atoms with van der Waals surface area (Å²) in [4.78, 5) is 27.9. The van der Waals surface area contributed by atoms with Crippen LogP contribution in [0, 0.1) is 6.92 Å². The summed E-state index contributed by atoms with van der Waals surface area (Å²) in [7, 11) is 0. The van der Waals surface area contributed by atoms with Crippen LogP contribution < -0.4 is 10.1 Å². The zero-order chi connectivity index (χ0) is 24.6. The fourth-order valence-electron chi connectivity index (χ4n) is 3.57. The van der Waals surface area contributed by atoms with Crippen LogP contribution >= 0.6 is 0 Å². The molecule has 1 amide bonds. The Morgan fingerprint density at radius 2 is 1.89 bits per heavy atom. The van der Waals surface area contributed by atoms with Crippen molar-refractivity contribution in [3.63, 3.8) is 0 Å². The number of aliphatic carboxylic acids is 1. The number of aromatic nitrogens is 2. The zero-order valence-corrected chi connectivity index (χ0v) is 19.2. The van der Waals surface area contributed by atoms with E-state index in [-0.39, 0.29) is 18.7 Å². The molecule has 4 rings (SSSR count).